The van der Waals surface area contributed by atoms with Gasteiger partial charge in [-0.05, 0) is 50.5 Å². The first kappa shape index (κ1) is 21.7. The topological polar surface area (TPSA) is 88.9 Å². The highest BCUT2D eigenvalue weighted by molar-refractivity contribution is 7.48. The lowest BCUT2D eigenvalue weighted by molar-refractivity contribution is 0.0324. The Balaban J connectivity index is 1.75. The van der Waals surface area contributed by atoms with Crippen molar-refractivity contribution in [2.75, 3.05) is 24.7 Å². The molecule has 1 aliphatic carbocycles. The Morgan fingerprint density at radius 2 is 1.87 bits per heavy atom. The van der Waals surface area contributed by atoms with Crippen molar-refractivity contribution >= 4 is 19.4 Å². The van der Waals surface area contributed by atoms with Crippen molar-refractivity contribution in [1.82, 2.24) is 0 Å². The Morgan fingerprint density at radius 3 is 2.52 bits per heavy atom. The predicted molar refractivity (Wildman–Crippen MR) is 116 cm³/mol. The second-order valence-electron chi connectivity index (χ2n) is 7.57. The number of nitrogens with zero attached hydrogens (tertiary/aromatic N) is 2. The Kier molecular flexibility index (Phi) is 6.00. The van der Waals surface area contributed by atoms with E-state index in [4.69, 9.17) is 13.6 Å². The van der Waals surface area contributed by atoms with Gasteiger partial charge < -0.3 is 4.90 Å². The fourth-order valence-corrected chi connectivity index (χ4v) is 5.91. The van der Waals surface area contributed by atoms with Crippen LogP contribution >= 0.6 is 7.82 Å². The number of anilines is 1. The number of carbonyl (C=O) groups is 1. The molecule has 1 heterocycles. The highest BCUT2D eigenvalue weighted by atomic mass is 31.2. The highest BCUT2D eigenvalue weighted by Gasteiger charge is 2.50. The lowest BCUT2D eigenvalue weighted by atomic mass is 9.75. The molecule has 4 rings (SSSR count). The van der Waals surface area contributed by atoms with Crippen molar-refractivity contribution in [3.8, 4) is 6.07 Å². The summed E-state index contributed by atoms with van der Waals surface area (Å²) in [7, 11) is -3.92. The van der Waals surface area contributed by atoms with Crippen LogP contribution in [0.25, 0.3) is 0 Å². The second kappa shape index (κ2) is 8.57. The average Bonchev–Trinajstić information content (AvgIpc) is 3.16. The van der Waals surface area contributed by atoms with Gasteiger partial charge >= 0.3 is 7.82 Å². The molecule has 0 N–H and O–H groups in total. The summed E-state index contributed by atoms with van der Waals surface area (Å²) >= 11 is 0. The number of hydrogen-bond donors (Lipinski definition) is 0. The van der Waals surface area contributed by atoms with Gasteiger partial charge in [-0.25, -0.2) is 4.57 Å². The van der Waals surface area contributed by atoms with Crippen LogP contribution in [-0.2, 0) is 23.7 Å². The highest BCUT2D eigenvalue weighted by Crippen LogP contribution is 2.60. The molecule has 7 nitrogen and oxygen atoms in total. The van der Waals surface area contributed by atoms with Gasteiger partial charge in [-0.1, -0.05) is 30.3 Å². The summed E-state index contributed by atoms with van der Waals surface area (Å²) in [5.74, 6) is 0.00342. The maximum absolute atomic E-state index is 13.2. The number of phosphoric ester groups is 1. The molecule has 0 radical (unpaired) electrons. The normalized spacial score (nSPS) is 22.1. The molecular weight excluding hydrogens is 415 g/mol. The second-order valence-corrected chi connectivity index (χ2v) is 9.16. The van der Waals surface area contributed by atoms with Crippen LogP contribution in [0.3, 0.4) is 0 Å². The van der Waals surface area contributed by atoms with Crippen LogP contribution in [0, 0.1) is 11.3 Å². The van der Waals surface area contributed by atoms with Gasteiger partial charge in [-0.2, -0.15) is 5.26 Å². The van der Waals surface area contributed by atoms with E-state index < -0.39 is 13.4 Å². The van der Waals surface area contributed by atoms with Crippen molar-refractivity contribution in [1.29, 1.82) is 5.26 Å². The van der Waals surface area contributed by atoms with Gasteiger partial charge in [-0.15, -0.1) is 0 Å². The van der Waals surface area contributed by atoms with E-state index in [9.17, 15) is 14.6 Å². The number of phosphoric acid groups is 1. The number of rotatable bonds is 7. The predicted octanol–water partition coefficient (Wildman–Crippen LogP) is 5.14. The Labute approximate surface area is 182 Å². The third-order valence-electron chi connectivity index (χ3n) is 5.75. The lowest BCUT2D eigenvalue weighted by Crippen LogP contribution is -2.33. The van der Waals surface area contributed by atoms with E-state index in [1.807, 2.05) is 30.3 Å². The molecule has 2 aromatic carbocycles. The summed E-state index contributed by atoms with van der Waals surface area (Å²) in [6, 6.07) is 16.9. The van der Waals surface area contributed by atoms with Crippen LogP contribution in [0.15, 0.2) is 48.5 Å². The van der Waals surface area contributed by atoms with E-state index in [0.29, 0.717) is 30.5 Å². The molecule has 31 heavy (non-hydrogen) atoms. The molecule has 2 atom stereocenters. The molecule has 2 aromatic rings. The zero-order valence-corrected chi connectivity index (χ0v) is 18.5. The van der Waals surface area contributed by atoms with Gasteiger partial charge in [0.25, 0.3) is 5.91 Å². The van der Waals surface area contributed by atoms with Gasteiger partial charge in [0.15, 0.2) is 5.60 Å². The minimum absolute atomic E-state index is 0.0822. The fourth-order valence-electron chi connectivity index (χ4n) is 4.48. The molecule has 162 valence electrons. The summed E-state index contributed by atoms with van der Waals surface area (Å²) in [5.41, 5.74) is 1.44. The first-order valence-electron chi connectivity index (χ1n) is 10.5. The van der Waals surface area contributed by atoms with Crippen LogP contribution < -0.4 is 4.90 Å². The minimum atomic E-state index is -3.92. The van der Waals surface area contributed by atoms with E-state index in [1.165, 1.54) is 0 Å². The first-order chi connectivity index (χ1) is 15.0. The molecule has 0 saturated heterocycles. The van der Waals surface area contributed by atoms with E-state index in [2.05, 4.69) is 6.07 Å². The van der Waals surface area contributed by atoms with E-state index >= 15 is 0 Å². The maximum Gasteiger partial charge on any atom is 0.476 e. The molecular formula is C23H25N2O5P. The van der Waals surface area contributed by atoms with Crippen LogP contribution in [0.2, 0.25) is 0 Å². The minimum Gasteiger partial charge on any atom is -0.307 e. The van der Waals surface area contributed by atoms with Gasteiger partial charge in [0.05, 0.1) is 13.2 Å². The van der Waals surface area contributed by atoms with Gasteiger partial charge in [0, 0.05) is 29.3 Å². The Hall–Kier alpha value is -2.49. The summed E-state index contributed by atoms with van der Waals surface area (Å²) in [5, 5.41) is 10.2. The molecule has 2 aliphatic rings. The lowest BCUT2D eigenvalue weighted by Gasteiger charge is -2.36. The largest absolute Gasteiger partial charge is 0.476 e. The molecule has 0 fully saturated rings. The van der Waals surface area contributed by atoms with Crippen molar-refractivity contribution in [3.63, 3.8) is 0 Å². The smallest absolute Gasteiger partial charge is 0.307 e. The number of carbonyl (C=O) groups excluding carboxylic acids is 1. The number of benzene rings is 2. The van der Waals surface area contributed by atoms with Crippen LogP contribution in [0.4, 0.5) is 5.69 Å². The summed E-state index contributed by atoms with van der Waals surface area (Å²) in [4.78, 5) is 14.9. The number of amides is 1. The number of hydrogen-bond acceptors (Lipinski definition) is 6. The first-order valence-corrected chi connectivity index (χ1v) is 11.9. The van der Waals surface area contributed by atoms with Crippen LogP contribution in [-0.4, -0.2) is 25.7 Å². The monoisotopic (exact) mass is 440 g/mol. The van der Waals surface area contributed by atoms with E-state index in [0.717, 1.165) is 11.3 Å². The number of nitriles is 1. The molecule has 0 bridgehead atoms. The Bertz CT molecular complexity index is 1060. The average molecular weight is 440 g/mol. The molecule has 1 amide bonds. The van der Waals surface area contributed by atoms with Crippen LogP contribution in [0.1, 0.15) is 54.1 Å². The molecule has 1 aliphatic heterocycles. The van der Waals surface area contributed by atoms with Gasteiger partial charge in [0.2, 0.25) is 0 Å². The van der Waals surface area contributed by atoms with Crippen LogP contribution in [0.5, 0.6) is 0 Å². The maximum atomic E-state index is 13.2. The molecule has 8 heteroatoms. The van der Waals surface area contributed by atoms with E-state index in [-0.39, 0.29) is 25.0 Å². The SMILES string of the molecule is CCOP(=O)(OCC)OC1(C#N)CCC2CN(C(=O)c3ccccc3)c3cccc1c32. The van der Waals surface area contributed by atoms with Crippen molar-refractivity contribution in [2.24, 2.45) is 0 Å². The van der Waals surface area contributed by atoms with Crippen molar-refractivity contribution < 1.29 is 22.9 Å². The standard InChI is InChI=1S/C23H25N2O5P/c1-3-28-31(27,29-4-2)30-23(16-24)14-13-18-15-25(20-12-8-11-19(23)21(18)20)22(26)17-9-6-5-7-10-17/h5-12,18H,3-4,13-15H2,1-2H3. The van der Waals surface area contributed by atoms with E-state index in [1.54, 1.807) is 36.9 Å². The Morgan fingerprint density at radius 1 is 1.16 bits per heavy atom. The quantitative estimate of drug-likeness (QED) is 0.554. The summed E-state index contributed by atoms with van der Waals surface area (Å²) in [6.45, 7) is 4.19. The fraction of sp³-hybridized carbons (Fsp3) is 0.391. The summed E-state index contributed by atoms with van der Waals surface area (Å²) < 4.78 is 29.6. The van der Waals surface area contributed by atoms with Crippen molar-refractivity contribution in [3.05, 3.63) is 65.2 Å². The van der Waals surface area contributed by atoms with Crippen molar-refractivity contribution in [2.45, 2.75) is 38.2 Å². The molecule has 2 unspecified atom stereocenters. The third-order valence-corrected chi connectivity index (χ3v) is 7.44. The summed E-state index contributed by atoms with van der Waals surface area (Å²) in [6.07, 6.45) is 0.955. The third kappa shape index (κ3) is 3.81. The molecule has 0 saturated carbocycles. The molecule has 0 spiro atoms. The van der Waals surface area contributed by atoms with Gasteiger partial charge in [0.1, 0.15) is 6.07 Å². The zero-order valence-electron chi connectivity index (χ0n) is 17.6. The zero-order chi connectivity index (χ0) is 22.1. The molecule has 0 aromatic heterocycles. The van der Waals surface area contributed by atoms with Gasteiger partial charge in [-0.3, -0.25) is 18.4 Å².